The molecule has 0 unspecified atom stereocenters. The van der Waals surface area contributed by atoms with Crippen molar-refractivity contribution < 1.29 is 37.7 Å². The maximum atomic E-state index is 6.12. The maximum Gasteiger partial charge on any atom is 0.502 e. The number of benzene rings is 2. The van der Waals surface area contributed by atoms with Crippen molar-refractivity contribution in [1.29, 1.82) is 0 Å². The highest BCUT2D eigenvalue weighted by Gasteiger charge is 2.54. The first-order chi connectivity index (χ1) is 15.8. The summed E-state index contributed by atoms with van der Waals surface area (Å²) in [4.78, 5) is 0. The van der Waals surface area contributed by atoms with Gasteiger partial charge in [0.15, 0.2) is 23.0 Å². The highest BCUT2D eigenvalue weighted by Crippen LogP contribution is 2.41. The summed E-state index contributed by atoms with van der Waals surface area (Å²) in [6.07, 6.45) is 0. The molecule has 0 radical (unpaired) electrons. The molecule has 0 atom stereocenters. The Balaban J connectivity index is 0.000000183. The second kappa shape index (κ2) is 9.23. The van der Waals surface area contributed by atoms with E-state index in [-0.39, 0.29) is 6.79 Å². The molecule has 0 saturated carbocycles. The van der Waals surface area contributed by atoms with Gasteiger partial charge in [0.2, 0.25) is 13.6 Å². The van der Waals surface area contributed by atoms with Crippen molar-refractivity contribution in [3.63, 3.8) is 0 Å². The Morgan fingerprint density at radius 1 is 0.758 bits per heavy atom. The van der Waals surface area contributed by atoms with Gasteiger partial charge < -0.3 is 37.7 Å². The summed E-state index contributed by atoms with van der Waals surface area (Å²) >= 11 is 0. The van der Waals surface area contributed by atoms with Crippen LogP contribution in [0.15, 0.2) is 30.3 Å². The molecule has 0 N–H and O–H groups in total. The van der Waals surface area contributed by atoms with E-state index in [1.54, 1.807) is 0 Å². The molecule has 1 fully saturated rings. The second-order valence-corrected chi connectivity index (χ2v) is 8.68. The molecule has 3 aliphatic rings. The maximum absolute atomic E-state index is 6.12. The van der Waals surface area contributed by atoms with Crippen molar-refractivity contribution >= 4 is 12.6 Å². The third-order valence-corrected chi connectivity index (χ3v) is 5.98. The van der Waals surface area contributed by atoms with Gasteiger partial charge in [-0.2, -0.15) is 0 Å². The van der Waals surface area contributed by atoms with E-state index >= 15 is 0 Å². The van der Waals surface area contributed by atoms with Crippen molar-refractivity contribution in [3.8, 4) is 34.5 Å². The summed E-state index contributed by atoms with van der Waals surface area (Å²) in [7, 11) is -0.534. The summed E-state index contributed by atoms with van der Waals surface area (Å²) in [6.45, 7) is 13.7. The molecular weight excluding hydrogens is 427 g/mol. The average molecular weight is 458 g/mol. The largest absolute Gasteiger partial charge is 0.502 e. The van der Waals surface area contributed by atoms with Crippen LogP contribution in [0.4, 0.5) is 0 Å². The van der Waals surface area contributed by atoms with Crippen LogP contribution in [0.2, 0.25) is 0 Å². The molecule has 0 amide bonds. The highest BCUT2D eigenvalue weighted by molar-refractivity contribution is 6.64. The Morgan fingerprint density at radius 2 is 1.36 bits per heavy atom. The molecule has 1 saturated heterocycles. The fraction of sp³-hybridized carbons (Fsp3) is 0.500. The Kier molecular flexibility index (Phi) is 6.54. The minimum atomic E-state index is -0.534. The van der Waals surface area contributed by atoms with Crippen LogP contribution < -0.4 is 33.9 Å². The molecule has 3 heterocycles. The lowest BCUT2D eigenvalue weighted by Crippen LogP contribution is -2.41. The van der Waals surface area contributed by atoms with Crippen LogP contribution in [-0.4, -0.2) is 45.1 Å². The highest BCUT2D eigenvalue weighted by atomic mass is 16.7. The minimum Gasteiger partial charge on any atom is -0.494 e. The van der Waals surface area contributed by atoms with Crippen molar-refractivity contribution in [2.24, 2.45) is 0 Å². The van der Waals surface area contributed by atoms with Gasteiger partial charge in [-0.25, -0.2) is 0 Å². The minimum absolute atomic E-state index is 0.206. The molecule has 2 aromatic carbocycles. The van der Waals surface area contributed by atoms with E-state index in [9.17, 15) is 0 Å². The summed E-state index contributed by atoms with van der Waals surface area (Å²) in [5, 5.41) is 0. The zero-order chi connectivity index (χ0) is 23.6. The quantitative estimate of drug-likeness (QED) is 0.625. The van der Waals surface area contributed by atoms with E-state index in [4.69, 9.17) is 37.7 Å². The lowest BCUT2D eigenvalue weighted by Gasteiger charge is -2.32. The number of hydrogen-bond donors (Lipinski definition) is 0. The van der Waals surface area contributed by atoms with Gasteiger partial charge in [0.25, 0.3) is 0 Å². The Morgan fingerprint density at radius 3 is 2.06 bits per heavy atom. The second-order valence-electron chi connectivity index (χ2n) is 8.68. The molecule has 5 rings (SSSR count). The third kappa shape index (κ3) is 4.65. The molecule has 8 nitrogen and oxygen atoms in total. The van der Waals surface area contributed by atoms with Gasteiger partial charge in [-0.1, -0.05) is 0 Å². The van der Waals surface area contributed by atoms with Gasteiger partial charge in [0, 0.05) is 6.07 Å². The normalized spacial score (nSPS) is 18.5. The smallest absolute Gasteiger partial charge is 0.494 e. The Labute approximate surface area is 195 Å². The van der Waals surface area contributed by atoms with Crippen LogP contribution in [0, 0.1) is 0 Å². The number of fused-ring (bicyclic) bond motifs is 2. The topological polar surface area (TPSA) is 73.8 Å². The molecule has 2 aromatic rings. The molecule has 3 aliphatic heterocycles. The van der Waals surface area contributed by atoms with Crippen LogP contribution in [0.25, 0.3) is 0 Å². The van der Waals surface area contributed by atoms with Crippen molar-refractivity contribution in [1.82, 2.24) is 0 Å². The first kappa shape index (κ1) is 23.4. The molecule has 0 spiro atoms. The summed E-state index contributed by atoms with van der Waals surface area (Å²) in [6, 6.07) is 9.29. The van der Waals surface area contributed by atoms with E-state index in [1.807, 2.05) is 71.9 Å². The monoisotopic (exact) mass is 458 g/mol. The molecule has 0 aromatic heterocycles. The van der Waals surface area contributed by atoms with E-state index < -0.39 is 18.3 Å². The van der Waals surface area contributed by atoms with Gasteiger partial charge in [-0.15, -0.1) is 0 Å². The first-order valence-electron chi connectivity index (χ1n) is 11.2. The summed E-state index contributed by atoms with van der Waals surface area (Å²) in [5.74, 6) is 4.43. The van der Waals surface area contributed by atoms with Crippen molar-refractivity contribution in [3.05, 3.63) is 30.3 Å². The lowest BCUT2D eigenvalue weighted by molar-refractivity contribution is 0.00578. The van der Waals surface area contributed by atoms with Gasteiger partial charge in [0.05, 0.1) is 29.9 Å². The van der Waals surface area contributed by atoms with Crippen molar-refractivity contribution in [2.75, 3.05) is 26.8 Å². The lowest BCUT2D eigenvalue weighted by atomic mass is 9.77. The van der Waals surface area contributed by atoms with Crippen LogP contribution in [-0.2, 0) is 9.31 Å². The van der Waals surface area contributed by atoms with Crippen LogP contribution in [0.5, 0.6) is 34.5 Å². The molecule has 0 aliphatic carbocycles. The van der Waals surface area contributed by atoms with Crippen molar-refractivity contribution in [2.45, 2.75) is 52.7 Å². The Bertz CT molecular complexity index is 975. The number of hydrogen-bond acceptors (Lipinski definition) is 8. The Hall–Kier alpha value is -2.78. The van der Waals surface area contributed by atoms with Gasteiger partial charge in [-0.05, 0) is 65.8 Å². The zero-order valence-corrected chi connectivity index (χ0v) is 20.1. The standard InChI is InChI=1S/C15H21BO5.C9H10O3/c1-6-17-10-7-8-11-13(19-9-18-11)12(10)16-20-14(2,3)15(4,5)21-16;1-2-10-7-3-4-8-9(5-7)12-6-11-8/h7-8H,6,9H2,1-5H3;3-5H,2,6H2,1H3. The molecule has 33 heavy (non-hydrogen) atoms. The molecular formula is C24H31BO8. The van der Waals surface area contributed by atoms with Crippen LogP contribution in [0.3, 0.4) is 0 Å². The molecule has 178 valence electrons. The molecule has 9 heteroatoms. The van der Waals surface area contributed by atoms with Gasteiger partial charge >= 0.3 is 7.12 Å². The predicted octanol–water partition coefficient (Wildman–Crippen LogP) is 3.93. The number of ether oxygens (including phenoxy) is 6. The van der Waals surface area contributed by atoms with E-state index in [0.717, 1.165) is 22.7 Å². The van der Waals surface area contributed by atoms with Crippen LogP contribution in [0.1, 0.15) is 41.5 Å². The summed E-state index contributed by atoms with van der Waals surface area (Å²) < 4.78 is 44.6. The SMILES string of the molecule is CCOc1ccc2c(c1)OCO2.CCOc1ccc2c(c1B1OC(C)(C)C(C)(C)O1)OCO2. The van der Waals surface area contributed by atoms with Gasteiger partial charge in [0.1, 0.15) is 11.5 Å². The van der Waals surface area contributed by atoms with Gasteiger partial charge in [-0.3, -0.25) is 0 Å². The predicted molar refractivity (Wildman–Crippen MR) is 123 cm³/mol. The van der Waals surface area contributed by atoms with E-state index in [0.29, 0.717) is 37.3 Å². The average Bonchev–Trinajstić information content (AvgIpc) is 3.46. The van der Waals surface area contributed by atoms with E-state index in [1.165, 1.54) is 0 Å². The zero-order valence-electron chi connectivity index (χ0n) is 20.1. The fourth-order valence-corrected chi connectivity index (χ4v) is 3.57. The summed E-state index contributed by atoms with van der Waals surface area (Å²) in [5.41, 5.74) is -0.0577. The number of rotatable bonds is 5. The molecule has 0 bridgehead atoms. The first-order valence-corrected chi connectivity index (χ1v) is 11.2. The van der Waals surface area contributed by atoms with E-state index in [2.05, 4.69) is 0 Å². The van der Waals surface area contributed by atoms with Crippen LogP contribution >= 0.6 is 0 Å². The third-order valence-electron chi connectivity index (χ3n) is 5.98. The fourth-order valence-electron chi connectivity index (χ4n) is 3.57.